The lowest BCUT2D eigenvalue weighted by Gasteiger charge is -2.15. The van der Waals surface area contributed by atoms with E-state index in [4.69, 9.17) is 12.2 Å². The molecule has 2 rings (SSSR count). The molecule has 2 aromatic carbocycles. The molecule has 8 heteroatoms. The zero-order chi connectivity index (χ0) is 19.3. The summed E-state index contributed by atoms with van der Waals surface area (Å²) in [7, 11) is 0. The Kier molecular flexibility index (Phi) is 6.03. The van der Waals surface area contributed by atoms with E-state index in [1.165, 1.54) is 36.4 Å². The van der Waals surface area contributed by atoms with E-state index in [0.29, 0.717) is 11.1 Å². The number of aromatic hydroxyl groups is 4. The van der Waals surface area contributed by atoms with E-state index in [1.807, 2.05) is 0 Å². The van der Waals surface area contributed by atoms with Gasteiger partial charge in [-0.1, -0.05) is 30.4 Å². The van der Waals surface area contributed by atoms with E-state index in [-0.39, 0.29) is 34.4 Å². The van der Waals surface area contributed by atoms with Crippen LogP contribution in [-0.2, 0) is 11.2 Å². The van der Waals surface area contributed by atoms with Crippen LogP contribution in [0.1, 0.15) is 11.1 Å². The molecule has 0 bridgehead atoms. The summed E-state index contributed by atoms with van der Waals surface area (Å²) in [6.45, 7) is 0. The van der Waals surface area contributed by atoms with Crippen molar-refractivity contribution in [2.45, 2.75) is 12.5 Å². The summed E-state index contributed by atoms with van der Waals surface area (Å²) in [5.74, 6) is -2.27. The fourth-order valence-corrected chi connectivity index (χ4v) is 2.38. The fourth-order valence-electron chi connectivity index (χ4n) is 2.17. The Morgan fingerprint density at radius 3 is 2.19 bits per heavy atom. The highest BCUT2D eigenvalue weighted by Crippen LogP contribution is 2.26. The first-order valence-electron chi connectivity index (χ1n) is 7.50. The van der Waals surface area contributed by atoms with Gasteiger partial charge in [0.2, 0.25) is 0 Å². The van der Waals surface area contributed by atoms with Gasteiger partial charge in [-0.05, 0) is 41.5 Å². The number of rotatable bonds is 6. The zero-order valence-corrected chi connectivity index (χ0v) is 14.3. The van der Waals surface area contributed by atoms with Gasteiger partial charge in [-0.15, -0.1) is 0 Å². The molecule has 0 saturated carbocycles. The molecule has 7 nitrogen and oxygen atoms in total. The van der Waals surface area contributed by atoms with Crippen molar-refractivity contribution in [3.8, 4) is 23.0 Å². The number of aliphatic carboxylic acids is 1. The van der Waals surface area contributed by atoms with Crippen molar-refractivity contribution in [1.82, 2.24) is 5.32 Å². The second kappa shape index (κ2) is 8.21. The van der Waals surface area contributed by atoms with Crippen molar-refractivity contribution in [1.29, 1.82) is 0 Å². The first kappa shape index (κ1) is 19.1. The maximum absolute atomic E-state index is 11.4. The Labute approximate surface area is 154 Å². The number of carboxylic acid groups (broad SMARTS) is 1. The second-order valence-corrected chi connectivity index (χ2v) is 5.95. The van der Waals surface area contributed by atoms with E-state index in [9.17, 15) is 30.3 Å². The van der Waals surface area contributed by atoms with Gasteiger partial charge in [0.05, 0.1) is 4.99 Å². The molecule has 0 aliphatic carbocycles. The Morgan fingerprint density at radius 1 is 1.00 bits per heavy atom. The molecule has 1 unspecified atom stereocenters. The van der Waals surface area contributed by atoms with E-state index in [1.54, 1.807) is 12.1 Å². The van der Waals surface area contributed by atoms with Gasteiger partial charge in [0.15, 0.2) is 23.0 Å². The van der Waals surface area contributed by atoms with Crippen molar-refractivity contribution in [2.75, 3.05) is 0 Å². The predicted molar refractivity (Wildman–Crippen MR) is 99.4 cm³/mol. The minimum Gasteiger partial charge on any atom is -0.504 e. The molecule has 0 radical (unpaired) electrons. The predicted octanol–water partition coefficient (Wildman–Crippen LogP) is 2.14. The van der Waals surface area contributed by atoms with Crippen molar-refractivity contribution in [3.05, 3.63) is 53.6 Å². The first-order valence-corrected chi connectivity index (χ1v) is 7.91. The van der Waals surface area contributed by atoms with Crippen LogP contribution in [0.15, 0.2) is 42.5 Å². The molecule has 0 aliphatic heterocycles. The first-order chi connectivity index (χ1) is 12.3. The number of carboxylic acids is 1. The van der Waals surface area contributed by atoms with Crippen LogP contribution in [0.3, 0.4) is 0 Å². The number of phenolic OH excluding ortho intramolecular Hbond substituents is 4. The van der Waals surface area contributed by atoms with E-state index < -0.39 is 12.0 Å². The van der Waals surface area contributed by atoms with Gasteiger partial charge in [-0.25, -0.2) is 4.79 Å². The van der Waals surface area contributed by atoms with Crippen molar-refractivity contribution in [3.63, 3.8) is 0 Å². The molecule has 0 fully saturated rings. The van der Waals surface area contributed by atoms with Gasteiger partial charge in [-0.2, -0.15) is 0 Å². The third-order valence-corrected chi connectivity index (χ3v) is 3.77. The summed E-state index contributed by atoms with van der Waals surface area (Å²) in [6.07, 6.45) is 3.06. The van der Waals surface area contributed by atoms with Gasteiger partial charge in [0.25, 0.3) is 0 Å². The summed E-state index contributed by atoms with van der Waals surface area (Å²) in [4.78, 5) is 11.6. The normalized spacial score (nSPS) is 12.0. The van der Waals surface area contributed by atoms with Crippen LogP contribution in [0.5, 0.6) is 23.0 Å². The minimum atomic E-state index is -1.13. The third kappa shape index (κ3) is 5.12. The summed E-state index contributed by atoms with van der Waals surface area (Å²) in [5.41, 5.74) is 1.08. The smallest absolute Gasteiger partial charge is 0.326 e. The molecule has 2 aromatic rings. The maximum atomic E-state index is 11.4. The van der Waals surface area contributed by atoms with Crippen LogP contribution in [0, 0.1) is 0 Å². The number of benzene rings is 2. The molecular weight excluding hydrogens is 358 g/mol. The molecule has 0 spiro atoms. The van der Waals surface area contributed by atoms with Gasteiger partial charge in [0.1, 0.15) is 6.04 Å². The number of hydrogen-bond acceptors (Lipinski definition) is 6. The Bertz CT molecular complexity index is 865. The van der Waals surface area contributed by atoms with Gasteiger partial charge < -0.3 is 30.8 Å². The molecule has 0 aromatic heterocycles. The van der Waals surface area contributed by atoms with E-state index in [2.05, 4.69) is 5.32 Å². The van der Waals surface area contributed by atoms with Crippen LogP contribution < -0.4 is 5.32 Å². The molecule has 6 N–H and O–H groups in total. The summed E-state index contributed by atoms with van der Waals surface area (Å²) in [6, 6.07) is 7.24. The SMILES string of the molecule is O=C(O)C(Cc1ccc(O)c(O)c1)NC(=S)C=Cc1ccc(O)c(O)c1. The largest absolute Gasteiger partial charge is 0.504 e. The van der Waals surface area contributed by atoms with E-state index >= 15 is 0 Å². The topological polar surface area (TPSA) is 130 Å². The molecule has 0 saturated heterocycles. The molecule has 0 aliphatic rings. The number of nitrogens with one attached hydrogen (secondary N) is 1. The molecule has 136 valence electrons. The molecule has 0 amide bonds. The second-order valence-electron chi connectivity index (χ2n) is 5.51. The van der Waals surface area contributed by atoms with Gasteiger partial charge in [-0.3, -0.25) is 0 Å². The standard InChI is InChI=1S/C18H17NO6S/c20-13-4-1-10(8-15(13)22)3-6-17(26)19-12(18(24)25)7-11-2-5-14(21)16(23)9-11/h1-6,8-9,12,20-23H,7H2,(H,19,26)(H,24,25). The molecule has 0 heterocycles. The van der Waals surface area contributed by atoms with Crippen molar-refractivity contribution < 1.29 is 30.3 Å². The Hall–Kier alpha value is -3.26. The van der Waals surface area contributed by atoms with Crippen molar-refractivity contribution >= 4 is 29.3 Å². The zero-order valence-electron chi connectivity index (χ0n) is 13.5. The Balaban J connectivity index is 2.05. The fraction of sp³-hybridized carbons (Fsp3) is 0.111. The number of phenols is 4. The third-order valence-electron chi connectivity index (χ3n) is 3.52. The van der Waals surface area contributed by atoms with Gasteiger partial charge in [0, 0.05) is 6.42 Å². The van der Waals surface area contributed by atoms with E-state index in [0.717, 1.165) is 0 Å². The van der Waals surface area contributed by atoms with Crippen molar-refractivity contribution in [2.24, 2.45) is 0 Å². The van der Waals surface area contributed by atoms with Gasteiger partial charge >= 0.3 is 5.97 Å². The molecule has 26 heavy (non-hydrogen) atoms. The average molecular weight is 375 g/mol. The van der Waals surface area contributed by atoms with Crippen LogP contribution in [0.4, 0.5) is 0 Å². The van der Waals surface area contributed by atoms with Crippen LogP contribution in [-0.4, -0.2) is 42.5 Å². The quantitative estimate of drug-likeness (QED) is 0.257. The highest BCUT2D eigenvalue weighted by molar-refractivity contribution is 7.80. The lowest BCUT2D eigenvalue weighted by atomic mass is 10.1. The lowest BCUT2D eigenvalue weighted by Crippen LogP contribution is -2.40. The number of carbonyl (C=O) groups is 1. The van der Waals surface area contributed by atoms with Crippen LogP contribution >= 0.6 is 12.2 Å². The average Bonchev–Trinajstić information content (AvgIpc) is 2.58. The number of hydrogen-bond donors (Lipinski definition) is 6. The summed E-state index contributed by atoms with van der Waals surface area (Å²) in [5, 5.41) is 49.5. The molecule has 1 atom stereocenters. The maximum Gasteiger partial charge on any atom is 0.326 e. The highest BCUT2D eigenvalue weighted by Gasteiger charge is 2.18. The van der Waals surface area contributed by atoms with Crippen LogP contribution in [0.2, 0.25) is 0 Å². The number of thiocarbonyl (C=S) groups is 1. The molecular formula is C18H17NO6S. The summed E-state index contributed by atoms with van der Waals surface area (Å²) < 4.78 is 0. The monoisotopic (exact) mass is 375 g/mol. The lowest BCUT2D eigenvalue weighted by molar-refractivity contribution is -0.139. The Morgan fingerprint density at radius 2 is 1.62 bits per heavy atom. The minimum absolute atomic E-state index is 0.0388. The summed E-state index contributed by atoms with van der Waals surface area (Å²) >= 11 is 5.11. The highest BCUT2D eigenvalue weighted by atomic mass is 32.1. The van der Waals surface area contributed by atoms with Crippen LogP contribution in [0.25, 0.3) is 6.08 Å².